The van der Waals surface area contributed by atoms with E-state index >= 15 is 0 Å². The number of fused-ring (bicyclic) bond motifs is 1. The fourth-order valence-corrected chi connectivity index (χ4v) is 3.32. The molecule has 2 aromatic rings. The van der Waals surface area contributed by atoms with E-state index < -0.39 is 6.09 Å². The Hall–Kier alpha value is -2.09. The molecule has 24 heavy (non-hydrogen) atoms. The normalized spacial score (nSPS) is 13.5. The summed E-state index contributed by atoms with van der Waals surface area (Å²) < 4.78 is 6.99. The number of hydrogen-bond acceptors (Lipinski definition) is 3. The van der Waals surface area contributed by atoms with Gasteiger partial charge in [-0.15, -0.1) is 0 Å². The van der Waals surface area contributed by atoms with Crippen molar-refractivity contribution in [1.82, 2.24) is 0 Å². The summed E-state index contributed by atoms with van der Waals surface area (Å²) in [5.74, 6) is 0.556. The second kappa shape index (κ2) is 6.80. The number of amides is 2. The fraction of sp³-hybridized carbons (Fsp3) is 0.222. The van der Waals surface area contributed by atoms with Crippen molar-refractivity contribution in [3.63, 3.8) is 0 Å². The maximum atomic E-state index is 12.1. The average molecular weight is 436 g/mol. The number of carbonyl (C=O) groups is 2. The lowest BCUT2D eigenvalue weighted by atomic mass is 10.0. The molecule has 3 rings (SSSR count). The van der Waals surface area contributed by atoms with Gasteiger partial charge >= 0.3 is 6.09 Å². The molecule has 124 valence electrons. The third-order valence-electron chi connectivity index (χ3n) is 3.93. The van der Waals surface area contributed by atoms with Crippen molar-refractivity contribution in [3.8, 4) is 5.75 Å². The quantitative estimate of drug-likeness (QED) is 0.556. The van der Waals surface area contributed by atoms with Crippen LogP contribution in [0, 0.1) is 13.8 Å². The summed E-state index contributed by atoms with van der Waals surface area (Å²) in [5.41, 5.74) is 4.63. The Balaban J connectivity index is 1.73. The second-order valence-corrected chi connectivity index (χ2v) is 6.76. The zero-order valence-corrected chi connectivity index (χ0v) is 15.6. The van der Waals surface area contributed by atoms with Crippen molar-refractivity contribution in [3.05, 3.63) is 53.1 Å². The Labute approximate surface area is 154 Å². The maximum Gasteiger partial charge on any atom is 0.417 e. The SMILES string of the molecule is Cc1ccc(C)c(NC(=O)Oc2ccc3c(c2)CCC(=O)N3I)c1. The smallest absolute Gasteiger partial charge is 0.410 e. The number of anilines is 2. The Kier molecular flexibility index (Phi) is 4.75. The Morgan fingerprint density at radius 2 is 1.96 bits per heavy atom. The van der Waals surface area contributed by atoms with E-state index in [1.54, 1.807) is 15.2 Å². The zero-order chi connectivity index (χ0) is 17.3. The minimum atomic E-state index is -0.526. The minimum absolute atomic E-state index is 0.0874. The monoisotopic (exact) mass is 436 g/mol. The molecule has 1 aliphatic rings. The standard InChI is InChI=1S/C18H17IN2O3/c1-11-3-4-12(2)15(9-11)20-18(23)24-14-6-7-16-13(10-14)5-8-17(22)21(16)19/h3-4,6-7,9-10H,5,8H2,1-2H3,(H,20,23). The van der Waals surface area contributed by atoms with Crippen LogP contribution in [-0.4, -0.2) is 12.0 Å². The number of nitrogens with one attached hydrogen (secondary N) is 1. The van der Waals surface area contributed by atoms with Crippen molar-refractivity contribution >= 4 is 46.2 Å². The van der Waals surface area contributed by atoms with E-state index in [2.05, 4.69) is 5.32 Å². The molecule has 1 N–H and O–H groups in total. The zero-order valence-electron chi connectivity index (χ0n) is 13.4. The van der Waals surface area contributed by atoms with Gasteiger partial charge in [0.2, 0.25) is 5.91 Å². The largest absolute Gasteiger partial charge is 0.417 e. The fourth-order valence-electron chi connectivity index (χ4n) is 2.60. The Morgan fingerprint density at radius 1 is 1.17 bits per heavy atom. The lowest BCUT2D eigenvalue weighted by Gasteiger charge is -2.23. The van der Waals surface area contributed by atoms with Crippen molar-refractivity contribution in [2.24, 2.45) is 0 Å². The third kappa shape index (κ3) is 3.53. The van der Waals surface area contributed by atoms with Gasteiger partial charge in [0.05, 0.1) is 28.6 Å². The highest BCUT2D eigenvalue weighted by molar-refractivity contribution is 14.1. The molecule has 1 heterocycles. The molecule has 0 fully saturated rings. The number of carbonyl (C=O) groups excluding carboxylic acids is 2. The molecule has 0 spiro atoms. The highest BCUT2D eigenvalue weighted by atomic mass is 127. The summed E-state index contributed by atoms with van der Waals surface area (Å²) in [6.45, 7) is 3.90. The van der Waals surface area contributed by atoms with Gasteiger partial charge in [-0.2, -0.15) is 0 Å². The average Bonchev–Trinajstić information content (AvgIpc) is 2.54. The third-order valence-corrected chi connectivity index (χ3v) is 4.99. The maximum absolute atomic E-state index is 12.1. The summed E-state index contributed by atoms with van der Waals surface area (Å²) in [6.07, 6.45) is 0.597. The van der Waals surface area contributed by atoms with Crippen LogP contribution in [0.4, 0.5) is 16.2 Å². The number of ether oxygens (including phenoxy) is 1. The van der Waals surface area contributed by atoms with Crippen molar-refractivity contribution in [1.29, 1.82) is 0 Å². The van der Waals surface area contributed by atoms with Crippen LogP contribution in [0.3, 0.4) is 0 Å². The molecular weight excluding hydrogens is 419 g/mol. The second-order valence-electron chi connectivity index (χ2n) is 5.80. The molecular formula is C18H17IN2O3. The summed E-state index contributed by atoms with van der Waals surface area (Å²) in [7, 11) is 0. The van der Waals surface area contributed by atoms with Crippen LogP contribution < -0.4 is 13.2 Å². The highest BCUT2D eigenvalue weighted by Gasteiger charge is 2.22. The molecule has 0 atom stereocenters. The van der Waals surface area contributed by atoms with Crippen molar-refractivity contribution < 1.29 is 14.3 Å². The summed E-state index contributed by atoms with van der Waals surface area (Å²) in [5, 5.41) is 2.77. The van der Waals surface area contributed by atoms with Crippen LogP contribution in [0.1, 0.15) is 23.1 Å². The summed E-state index contributed by atoms with van der Waals surface area (Å²) >= 11 is 2.00. The lowest BCUT2D eigenvalue weighted by Crippen LogP contribution is -2.26. The van der Waals surface area contributed by atoms with Gasteiger partial charge < -0.3 is 4.74 Å². The molecule has 0 saturated carbocycles. The van der Waals surface area contributed by atoms with Crippen LogP contribution >= 0.6 is 22.9 Å². The molecule has 0 unspecified atom stereocenters. The predicted octanol–water partition coefficient (Wildman–Crippen LogP) is 4.54. The van der Waals surface area contributed by atoms with E-state index in [1.807, 2.05) is 61.0 Å². The van der Waals surface area contributed by atoms with Crippen LogP contribution in [0.15, 0.2) is 36.4 Å². The van der Waals surface area contributed by atoms with Crippen LogP contribution in [0.25, 0.3) is 0 Å². The van der Waals surface area contributed by atoms with Gasteiger partial charge in [0.25, 0.3) is 0 Å². The number of aryl methyl sites for hydroxylation is 3. The highest BCUT2D eigenvalue weighted by Crippen LogP contribution is 2.33. The molecule has 6 heteroatoms. The Morgan fingerprint density at radius 3 is 2.75 bits per heavy atom. The Bertz CT molecular complexity index is 820. The summed E-state index contributed by atoms with van der Waals surface area (Å²) in [4.78, 5) is 23.8. The molecule has 2 amide bonds. The molecule has 5 nitrogen and oxygen atoms in total. The van der Waals surface area contributed by atoms with Gasteiger partial charge in [-0.1, -0.05) is 12.1 Å². The number of benzene rings is 2. The van der Waals surface area contributed by atoms with Crippen LogP contribution in [0.2, 0.25) is 0 Å². The van der Waals surface area contributed by atoms with E-state index in [0.717, 1.165) is 28.1 Å². The van der Waals surface area contributed by atoms with Gasteiger partial charge in [0, 0.05) is 12.1 Å². The van der Waals surface area contributed by atoms with E-state index in [4.69, 9.17) is 4.74 Å². The molecule has 2 aromatic carbocycles. The van der Waals surface area contributed by atoms with E-state index in [0.29, 0.717) is 18.6 Å². The number of nitrogens with zero attached hydrogens (tertiary/aromatic N) is 1. The number of hydrogen-bond donors (Lipinski definition) is 1. The van der Waals surface area contributed by atoms with Gasteiger partial charge in [-0.05, 0) is 61.2 Å². The molecule has 0 bridgehead atoms. The van der Waals surface area contributed by atoms with E-state index in [1.165, 1.54) is 0 Å². The topological polar surface area (TPSA) is 58.6 Å². The first kappa shape index (κ1) is 16.8. The van der Waals surface area contributed by atoms with Crippen LogP contribution in [0.5, 0.6) is 5.75 Å². The van der Waals surface area contributed by atoms with Gasteiger partial charge in [0.15, 0.2) is 0 Å². The van der Waals surface area contributed by atoms with E-state index in [9.17, 15) is 9.59 Å². The van der Waals surface area contributed by atoms with Crippen LogP contribution in [-0.2, 0) is 11.2 Å². The number of halogens is 1. The predicted molar refractivity (Wildman–Crippen MR) is 102 cm³/mol. The minimum Gasteiger partial charge on any atom is -0.410 e. The molecule has 1 aliphatic heterocycles. The number of rotatable bonds is 2. The van der Waals surface area contributed by atoms with E-state index in [-0.39, 0.29) is 5.91 Å². The first-order valence-corrected chi connectivity index (χ1v) is 8.58. The van der Waals surface area contributed by atoms with Crippen molar-refractivity contribution in [2.75, 3.05) is 8.43 Å². The molecule has 0 radical (unpaired) electrons. The van der Waals surface area contributed by atoms with Gasteiger partial charge in [-0.3, -0.25) is 13.2 Å². The molecule has 0 saturated heterocycles. The lowest BCUT2D eigenvalue weighted by molar-refractivity contribution is -0.117. The van der Waals surface area contributed by atoms with Gasteiger partial charge in [0.1, 0.15) is 5.75 Å². The van der Waals surface area contributed by atoms with Gasteiger partial charge in [-0.25, -0.2) is 4.79 Å². The summed E-state index contributed by atoms with van der Waals surface area (Å²) in [6, 6.07) is 11.2. The molecule has 0 aromatic heterocycles. The molecule has 0 aliphatic carbocycles. The first-order chi connectivity index (χ1) is 11.4. The van der Waals surface area contributed by atoms with Crippen molar-refractivity contribution in [2.45, 2.75) is 26.7 Å². The first-order valence-electron chi connectivity index (χ1n) is 7.62.